The molecule has 1 aromatic heterocycles. The second kappa shape index (κ2) is 4.71. The number of allylic oxidation sites excluding steroid dienone is 1. The maximum absolute atomic E-state index is 13.8. The van der Waals surface area contributed by atoms with Gasteiger partial charge >= 0.3 is 0 Å². The maximum Gasteiger partial charge on any atom is 0.133 e. The Morgan fingerprint density at radius 1 is 1.53 bits per heavy atom. The molecule has 0 fully saturated rings. The van der Waals surface area contributed by atoms with E-state index in [9.17, 15) is 4.39 Å². The van der Waals surface area contributed by atoms with Gasteiger partial charge in [0.25, 0.3) is 0 Å². The van der Waals surface area contributed by atoms with Gasteiger partial charge in [0.05, 0.1) is 6.33 Å². The summed E-state index contributed by atoms with van der Waals surface area (Å²) < 4.78 is 16.2. The molecule has 0 aliphatic heterocycles. The molecule has 1 aromatic carbocycles. The fourth-order valence-corrected chi connectivity index (χ4v) is 1.90. The lowest BCUT2D eigenvalue weighted by molar-refractivity contribution is 0.630. The molecule has 1 heterocycles. The molecule has 0 saturated heterocycles. The standard InChI is InChI=1S/C12H11BrFN3/c1-2-5-17-7-16-11(12(17)15)9-4-3-8(13)6-10(9)14/h2-4,6-7H,1,5,15H2. The van der Waals surface area contributed by atoms with Crippen molar-refractivity contribution in [1.82, 2.24) is 9.55 Å². The highest BCUT2D eigenvalue weighted by Crippen LogP contribution is 2.28. The second-order valence-corrected chi connectivity index (χ2v) is 4.46. The Bertz CT molecular complexity index is 563. The zero-order valence-corrected chi connectivity index (χ0v) is 10.6. The molecule has 3 nitrogen and oxygen atoms in total. The number of aromatic nitrogens is 2. The van der Waals surface area contributed by atoms with E-state index in [0.717, 1.165) is 0 Å². The molecular formula is C12H11BrFN3. The summed E-state index contributed by atoms with van der Waals surface area (Å²) in [6.07, 6.45) is 3.29. The van der Waals surface area contributed by atoms with Crippen LogP contribution in [0.2, 0.25) is 0 Å². The number of rotatable bonds is 3. The second-order valence-electron chi connectivity index (χ2n) is 3.54. The average molecular weight is 296 g/mol. The molecule has 88 valence electrons. The summed E-state index contributed by atoms with van der Waals surface area (Å²) >= 11 is 3.21. The highest BCUT2D eigenvalue weighted by atomic mass is 79.9. The third kappa shape index (κ3) is 2.24. The molecule has 0 saturated carbocycles. The Morgan fingerprint density at radius 2 is 2.29 bits per heavy atom. The molecule has 0 atom stereocenters. The van der Waals surface area contributed by atoms with Crippen LogP contribution < -0.4 is 5.73 Å². The van der Waals surface area contributed by atoms with Crippen LogP contribution in [0.4, 0.5) is 10.2 Å². The normalized spacial score (nSPS) is 10.5. The summed E-state index contributed by atoms with van der Waals surface area (Å²) in [6.45, 7) is 4.18. The van der Waals surface area contributed by atoms with Crippen LogP contribution in [0.25, 0.3) is 11.3 Å². The largest absolute Gasteiger partial charge is 0.383 e. The van der Waals surface area contributed by atoms with Crippen LogP contribution in [0, 0.1) is 5.82 Å². The monoisotopic (exact) mass is 295 g/mol. The number of nitrogens with zero attached hydrogens (tertiary/aromatic N) is 2. The highest BCUT2D eigenvalue weighted by Gasteiger charge is 2.13. The van der Waals surface area contributed by atoms with Crippen LogP contribution >= 0.6 is 15.9 Å². The van der Waals surface area contributed by atoms with Gasteiger partial charge in [0.1, 0.15) is 17.3 Å². The van der Waals surface area contributed by atoms with E-state index in [0.29, 0.717) is 28.1 Å². The number of hydrogen-bond acceptors (Lipinski definition) is 2. The number of halogens is 2. The minimum Gasteiger partial charge on any atom is -0.383 e. The summed E-state index contributed by atoms with van der Waals surface area (Å²) in [5.41, 5.74) is 6.75. The van der Waals surface area contributed by atoms with Gasteiger partial charge in [0.15, 0.2) is 0 Å². The molecule has 0 radical (unpaired) electrons. The average Bonchev–Trinajstić information content (AvgIpc) is 2.62. The Morgan fingerprint density at radius 3 is 2.94 bits per heavy atom. The molecule has 0 bridgehead atoms. The summed E-state index contributed by atoms with van der Waals surface area (Å²) in [5, 5.41) is 0. The fourth-order valence-electron chi connectivity index (χ4n) is 1.57. The maximum atomic E-state index is 13.8. The first-order valence-corrected chi connectivity index (χ1v) is 5.79. The first-order valence-electron chi connectivity index (χ1n) is 5.00. The molecule has 2 N–H and O–H groups in total. The predicted octanol–water partition coefficient (Wildman–Crippen LogP) is 3.22. The quantitative estimate of drug-likeness (QED) is 0.884. The van der Waals surface area contributed by atoms with Gasteiger partial charge in [-0.15, -0.1) is 6.58 Å². The van der Waals surface area contributed by atoms with E-state index < -0.39 is 0 Å². The van der Waals surface area contributed by atoms with E-state index in [4.69, 9.17) is 5.73 Å². The van der Waals surface area contributed by atoms with Crippen molar-refractivity contribution in [3.8, 4) is 11.3 Å². The van der Waals surface area contributed by atoms with Gasteiger partial charge in [-0.25, -0.2) is 9.37 Å². The van der Waals surface area contributed by atoms with E-state index in [-0.39, 0.29) is 5.82 Å². The Hall–Kier alpha value is -1.62. The third-order valence-electron chi connectivity index (χ3n) is 2.39. The zero-order valence-electron chi connectivity index (χ0n) is 9.03. The lowest BCUT2D eigenvalue weighted by Crippen LogP contribution is -2.00. The smallest absolute Gasteiger partial charge is 0.133 e. The number of imidazole rings is 1. The number of benzene rings is 1. The van der Waals surface area contributed by atoms with Gasteiger partial charge in [-0.3, -0.25) is 0 Å². The number of nitrogen functional groups attached to an aromatic ring is 1. The number of nitrogens with two attached hydrogens (primary N) is 1. The van der Waals surface area contributed by atoms with Gasteiger partial charge in [-0.1, -0.05) is 22.0 Å². The Balaban J connectivity index is 2.49. The van der Waals surface area contributed by atoms with Crippen LogP contribution in [0.1, 0.15) is 0 Å². The number of anilines is 1. The molecule has 2 aromatic rings. The van der Waals surface area contributed by atoms with Crippen molar-refractivity contribution >= 4 is 21.7 Å². The lowest BCUT2D eigenvalue weighted by Gasteiger charge is -2.04. The van der Waals surface area contributed by atoms with Crippen LogP contribution in [-0.4, -0.2) is 9.55 Å². The van der Waals surface area contributed by atoms with Crippen LogP contribution in [-0.2, 0) is 6.54 Å². The SMILES string of the molecule is C=CCn1cnc(-c2ccc(Br)cc2F)c1N. The van der Waals surface area contributed by atoms with E-state index in [1.54, 1.807) is 29.1 Å². The summed E-state index contributed by atoms with van der Waals surface area (Å²) in [5.74, 6) is 0.0843. The summed E-state index contributed by atoms with van der Waals surface area (Å²) in [7, 11) is 0. The fraction of sp³-hybridized carbons (Fsp3) is 0.0833. The van der Waals surface area contributed by atoms with Crippen molar-refractivity contribution < 1.29 is 4.39 Å². The van der Waals surface area contributed by atoms with Gasteiger partial charge < -0.3 is 10.3 Å². The Labute approximate surface area is 107 Å². The Kier molecular flexibility index (Phi) is 3.28. The van der Waals surface area contributed by atoms with E-state index >= 15 is 0 Å². The predicted molar refractivity (Wildman–Crippen MR) is 69.9 cm³/mol. The minimum atomic E-state index is -0.352. The van der Waals surface area contributed by atoms with Crippen LogP contribution in [0.3, 0.4) is 0 Å². The van der Waals surface area contributed by atoms with Crippen molar-refractivity contribution in [3.05, 3.63) is 47.5 Å². The highest BCUT2D eigenvalue weighted by molar-refractivity contribution is 9.10. The summed E-state index contributed by atoms with van der Waals surface area (Å²) in [4.78, 5) is 4.13. The molecule has 2 rings (SSSR count). The van der Waals surface area contributed by atoms with Crippen molar-refractivity contribution in [2.24, 2.45) is 0 Å². The molecule has 5 heteroatoms. The molecule has 17 heavy (non-hydrogen) atoms. The van der Waals surface area contributed by atoms with Gasteiger partial charge in [-0.2, -0.15) is 0 Å². The summed E-state index contributed by atoms with van der Waals surface area (Å²) in [6, 6.07) is 4.79. The van der Waals surface area contributed by atoms with Crippen LogP contribution in [0.15, 0.2) is 41.7 Å². The van der Waals surface area contributed by atoms with Gasteiger partial charge in [0.2, 0.25) is 0 Å². The molecule has 0 amide bonds. The first-order chi connectivity index (χ1) is 8.13. The topological polar surface area (TPSA) is 43.8 Å². The number of hydrogen-bond donors (Lipinski definition) is 1. The van der Waals surface area contributed by atoms with Crippen LogP contribution in [0.5, 0.6) is 0 Å². The van der Waals surface area contributed by atoms with Crippen molar-refractivity contribution in [1.29, 1.82) is 0 Å². The minimum absolute atomic E-state index is 0.352. The molecular weight excluding hydrogens is 285 g/mol. The van der Waals surface area contributed by atoms with Gasteiger partial charge in [0, 0.05) is 16.6 Å². The first kappa shape index (κ1) is 11.9. The molecule has 0 aliphatic rings. The van der Waals surface area contributed by atoms with Gasteiger partial charge in [-0.05, 0) is 18.2 Å². The zero-order chi connectivity index (χ0) is 12.4. The lowest BCUT2D eigenvalue weighted by atomic mass is 10.1. The molecule has 0 aliphatic carbocycles. The van der Waals surface area contributed by atoms with Crippen molar-refractivity contribution in [2.75, 3.05) is 5.73 Å². The molecule has 0 spiro atoms. The third-order valence-corrected chi connectivity index (χ3v) is 2.88. The van der Waals surface area contributed by atoms with E-state index in [1.807, 2.05) is 0 Å². The van der Waals surface area contributed by atoms with Crippen molar-refractivity contribution in [2.45, 2.75) is 6.54 Å². The van der Waals surface area contributed by atoms with E-state index in [2.05, 4.69) is 27.5 Å². The molecule has 0 unspecified atom stereocenters. The van der Waals surface area contributed by atoms with E-state index in [1.165, 1.54) is 6.07 Å². The van der Waals surface area contributed by atoms with Crippen molar-refractivity contribution in [3.63, 3.8) is 0 Å².